The SMILES string of the molecule is NC(=NCc1ccc(CN2CCCCC2)cc1)Nc1ccc2c(c1)OCCCO2. The van der Waals surface area contributed by atoms with Gasteiger partial charge in [0.2, 0.25) is 0 Å². The largest absolute Gasteiger partial charge is 0.490 e. The molecule has 29 heavy (non-hydrogen) atoms. The molecule has 1 fully saturated rings. The van der Waals surface area contributed by atoms with Crippen molar-refractivity contribution in [2.24, 2.45) is 10.7 Å². The fourth-order valence-electron chi connectivity index (χ4n) is 3.73. The number of nitrogens with one attached hydrogen (secondary N) is 1. The first kappa shape index (κ1) is 19.6. The molecule has 3 N–H and O–H groups in total. The molecule has 0 aliphatic carbocycles. The number of likely N-dealkylation sites (tertiary alicyclic amines) is 1. The van der Waals surface area contributed by atoms with Gasteiger partial charge in [-0.3, -0.25) is 4.90 Å². The van der Waals surface area contributed by atoms with Gasteiger partial charge in [-0.05, 0) is 49.2 Å². The minimum absolute atomic E-state index is 0.386. The Balaban J connectivity index is 1.31. The van der Waals surface area contributed by atoms with Crippen molar-refractivity contribution in [2.75, 3.05) is 31.6 Å². The Labute approximate surface area is 172 Å². The van der Waals surface area contributed by atoms with Gasteiger partial charge >= 0.3 is 0 Å². The Kier molecular flexibility index (Phi) is 6.52. The van der Waals surface area contributed by atoms with Gasteiger partial charge in [0, 0.05) is 24.7 Å². The first-order valence-electron chi connectivity index (χ1n) is 10.5. The van der Waals surface area contributed by atoms with Crippen LogP contribution in [0.4, 0.5) is 5.69 Å². The van der Waals surface area contributed by atoms with Crippen molar-refractivity contribution in [1.29, 1.82) is 0 Å². The molecule has 2 aromatic rings. The van der Waals surface area contributed by atoms with E-state index in [0.29, 0.717) is 25.7 Å². The van der Waals surface area contributed by atoms with Crippen molar-refractivity contribution in [3.05, 3.63) is 53.6 Å². The molecule has 6 nitrogen and oxygen atoms in total. The van der Waals surface area contributed by atoms with Crippen molar-refractivity contribution >= 4 is 11.6 Å². The summed E-state index contributed by atoms with van der Waals surface area (Å²) in [4.78, 5) is 7.00. The Morgan fingerprint density at radius 3 is 2.41 bits per heavy atom. The smallest absolute Gasteiger partial charge is 0.193 e. The zero-order valence-corrected chi connectivity index (χ0v) is 16.9. The van der Waals surface area contributed by atoms with Gasteiger partial charge in [-0.25, -0.2) is 4.99 Å². The van der Waals surface area contributed by atoms with Gasteiger partial charge < -0.3 is 20.5 Å². The second-order valence-electron chi connectivity index (χ2n) is 7.69. The van der Waals surface area contributed by atoms with Gasteiger partial charge in [-0.15, -0.1) is 0 Å². The Hall–Kier alpha value is -2.73. The topological polar surface area (TPSA) is 72.1 Å². The van der Waals surface area contributed by atoms with E-state index in [1.165, 1.54) is 37.9 Å². The van der Waals surface area contributed by atoms with Crippen molar-refractivity contribution in [3.63, 3.8) is 0 Å². The Bertz CT molecular complexity index is 829. The van der Waals surface area contributed by atoms with Crippen LogP contribution in [0.1, 0.15) is 36.8 Å². The first-order chi connectivity index (χ1) is 14.3. The minimum atomic E-state index is 0.386. The summed E-state index contributed by atoms with van der Waals surface area (Å²) in [6, 6.07) is 14.4. The Morgan fingerprint density at radius 2 is 1.62 bits per heavy atom. The first-order valence-corrected chi connectivity index (χ1v) is 10.5. The van der Waals surface area contributed by atoms with Crippen molar-refractivity contribution in [2.45, 2.75) is 38.8 Å². The highest BCUT2D eigenvalue weighted by Crippen LogP contribution is 2.32. The van der Waals surface area contributed by atoms with Crippen LogP contribution in [0.3, 0.4) is 0 Å². The predicted molar refractivity (Wildman–Crippen MR) is 117 cm³/mol. The van der Waals surface area contributed by atoms with Gasteiger partial charge in [0.1, 0.15) is 0 Å². The zero-order chi connectivity index (χ0) is 19.9. The average Bonchev–Trinajstić information content (AvgIpc) is 2.99. The molecule has 0 bridgehead atoms. The molecule has 2 aromatic carbocycles. The number of aliphatic imine (C=N–C) groups is 1. The molecule has 0 radical (unpaired) electrons. The summed E-state index contributed by atoms with van der Waals surface area (Å²) in [6.07, 6.45) is 4.90. The van der Waals surface area contributed by atoms with E-state index in [2.05, 4.69) is 39.5 Å². The van der Waals surface area contributed by atoms with Crippen LogP contribution in [-0.2, 0) is 13.1 Å². The molecule has 2 aliphatic rings. The summed E-state index contributed by atoms with van der Waals surface area (Å²) < 4.78 is 11.4. The van der Waals surface area contributed by atoms with Crippen LogP contribution in [0.15, 0.2) is 47.5 Å². The number of hydrogen-bond acceptors (Lipinski definition) is 4. The lowest BCUT2D eigenvalue weighted by Gasteiger charge is -2.26. The summed E-state index contributed by atoms with van der Waals surface area (Å²) in [5.74, 6) is 1.90. The molecular weight excluding hydrogens is 364 g/mol. The molecule has 0 amide bonds. The van der Waals surface area contributed by atoms with Crippen LogP contribution in [-0.4, -0.2) is 37.2 Å². The maximum absolute atomic E-state index is 6.07. The van der Waals surface area contributed by atoms with Gasteiger partial charge in [0.25, 0.3) is 0 Å². The molecular formula is C23H30N4O2. The van der Waals surface area contributed by atoms with Crippen LogP contribution in [0.2, 0.25) is 0 Å². The van der Waals surface area contributed by atoms with Gasteiger partial charge in [-0.2, -0.15) is 0 Å². The Morgan fingerprint density at radius 1 is 0.897 bits per heavy atom. The average molecular weight is 395 g/mol. The van der Waals surface area contributed by atoms with E-state index in [1.54, 1.807) is 0 Å². The lowest BCUT2D eigenvalue weighted by molar-refractivity contribution is 0.221. The molecule has 0 unspecified atom stereocenters. The highest BCUT2D eigenvalue weighted by atomic mass is 16.5. The van der Waals surface area contributed by atoms with E-state index >= 15 is 0 Å². The van der Waals surface area contributed by atoms with Crippen LogP contribution >= 0.6 is 0 Å². The standard InChI is InChI=1S/C23H30N4O2/c24-23(26-20-9-10-21-22(15-20)29-14-4-13-28-21)25-16-18-5-7-19(8-6-18)17-27-11-2-1-3-12-27/h5-10,15H,1-4,11-14,16-17H2,(H3,24,25,26). The number of nitrogens with zero attached hydrogens (tertiary/aromatic N) is 2. The van der Waals surface area contributed by atoms with Crippen molar-refractivity contribution < 1.29 is 9.47 Å². The molecule has 6 heteroatoms. The van der Waals surface area contributed by atoms with E-state index in [1.807, 2.05) is 18.2 Å². The summed E-state index contributed by atoms with van der Waals surface area (Å²) >= 11 is 0. The molecule has 2 heterocycles. The number of benzene rings is 2. The molecule has 0 saturated carbocycles. The lowest BCUT2D eigenvalue weighted by atomic mass is 10.1. The summed E-state index contributed by atoms with van der Waals surface area (Å²) in [6.45, 7) is 5.36. The predicted octanol–water partition coefficient (Wildman–Crippen LogP) is 3.76. The molecule has 1 saturated heterocycles. The van der Waals surface area contributed by atoms with E-state index in [-0.39, 0.29) is 0 Å². The van der Waals surface area contributed by atoms with E-state index in [0.717, 1.165) is 35.7 Å². The highest BCUT2D eigenvalue weighted by Gasteiger charge is 2.11. The number of anilines is 1. The molecule has 0 spiro atoms. The highest BCUT2D eigenvalue weighted by molar-refractivity contribution is 5.92. The number of fused-ring (bicyclic) bond motifs is 1. The number of ether oxygens (including phenoxy) is 2. The second kappa shape index (κ2) is 9.65. The summed E-state index contributed by atoms with van der Waals surface area (Å²) in [7, 11) is 0. The fourth-order valence-corrected chi connectivity index (χ4v) is 3.73. The van der Waals surface area contributed by atoms with E-state index < -0.39 is 0 Å². The van der Waals surface area contributed by atoms with E-state index in [4.69, 9.17) is 15.2 Å². The third kappa shape index (κ3) is 5.64. The van der Waals surface area contributed by atoms with Crippen molar-refractivity contribution in [1.82, 2.24) is 4.90 Å². The number of nitrogens with two attached hydrogens (primary N) is 1. The van der Waals surface area contributed by atoms with Crippen LogP contribution in [0.5, 0.6) is 11.5 Å². The van der Waals surface area contributed by atoms with Gasteiger partial charge in [0.05, 0.1) is 19.8 Å². The minimum Gasteiger partial charge on any atom is -0.490 e. The number of hydrogen-bond donors (Lipinski definition) is 2. The van der Waals surface area contributed by atoms with Crippen LogP contribution in [0, 0.1) is 0 Å². The maximum Gasteiger partial charge on any atom is 0.193 e. The van der Waals surface area contributed by atoms with E-state index in [9.17, 15) is 0 Å². The monoisotopic (exact) mass is 394 g/mol. The third-order valence-electron chi connectivity index (χ3n) is 5.33. The van der Waals surface area contributed by atoms with Crippen LogP contribution in [0.25, 0.3) is 0 Å². The second-order valence-corrected chi connectivity index (χ2v) is 7.69. The number of piperidine rings is 1. The normalized spacial score (nSPS) is 17.6. The molecule has 154 valence electrons. The quantitative estimate of drug-likeness (QED) is 0.597. The molecule has 0 aromatic heterocycles. The number of guanidine groups is 1. The zero-order valence-electron chi connectivity index (χ0n) is 16.9. The molecule has 0 atom stereocenters. The van der Waals surface area contributed by atoms with Gasteiger partial charge in [-0.1, -0.05) is 30.7 Å². The van der Waals surface area contributed by atoms with Crippen LogP contribution < -0.4 is 20.5 Å². The third-order valence-corrected chi connectivity index (χ3v) is 5.33. The summed E-state index contributed by atoms with van der Waals surface area (Å²) in [5.41, 5.74) is 9.42. The molecule has 2 aliphatic heterocycles. The summed E-state index contributed by atoms with van der Waals surface area (Å²) in [5, 5.41) is 3.13. The van der Waals surface area contributed by atoms with Crippen molar-refractivity contribution in [3.8, 4) is 11.5 Å². The fraction of sp³-hybridized carbons (Fsp3) is 0.435. The lowest BCUT2D eigenvalue weighted by Crippen LogP contribution is -2.29. The maximum atomic E-state index is 6.07. The number of rotatable bonds is 5. The molecule has 4 rings (SSSR count). The van der Waals surface area contributed by atoms with Gasteiger partial charge in [0.15, 0.2) is 17.5 Å².